The molecule has 0 atom stereocenters. The molecular weight excluding hydrogens is 214 g/mol. The van der Waals surface area contributed by atoms with E-state index in [1.54, 1.807) is 4.57 Å². The van der Waals surface area contributed by atoms with Crippen LogP contribution in [0.25, 0.3) is 5.69 Å². The fourth-order valence-corrected chi connectivity index (χ4v) is 2.13. The first kappa shape index (κ1) is 10.2. The Hall–Kier alpha value is -1.97. The summed E-state index contributed by atoms with van der Waals surface area (Å²) in [5.41, 5.74) is 8.25. The normalized spacial score (nSPS) is 15.1. The van der Waals surface area contributed by atoms with Gasteiger partial charge < -0.3 is 5.73 Å². The molecule has 1 aromatic heterocycles. The third-order valence-corrected chi connectivity index (χ3v) is 3.18. The van der Waals surface area contributed by atoms with Crippen LogP contribution in [0.1, 0.15) is 24.6 Å². The van der Waals surface area contributed by atoms with Gasteiger partial charge in [-0.3, -0.25) is 9.13 Å². The van der Waals surface area contributed by atoms with Crippen LogP contribution in [-0.4, -0.2) is 9.13 Å². The highest BCUT2D eigenvalue weighted by Crippen LogP contribution is 2.33. The van der Waals surface area contributed by atoms with E-state index in [0.717, 1.165) is 24.2 Å². The number of aryl methyl sites for hydroxylation is 1. The summed E-state index contributed by atoms with van der Waals surface area (Å²) in [6.45, 7) is 1.95. The Bertz CT molecular complexity index is 603. The van der Waals surface area contributed by atoms with Crippen molar-refractivity contribution in [2.24, 2.45) is 0 Å². The minimum absolute atomic E-state index is 0.0507. The number of hydrogen-bond acceptors (Lipinski definition) is 2. The molecule has 4 heteroatoms. The van der Waals surface area contributed by atoms with Crippen molar-refractivity contribution in [3.05, 3.63) is 46.6 Å². The lowest BCUT2D eigenvalue weighted by Gasteiger charge is -2.04. The Balaban J connectivity index is 2.14. The number of aromatic nitrogens is 2. The Morgan fingerprint density at radius 3 is 2.47 bits per heavy atom. The van der Waals surface area contributed by atoms with Gasteiger partial charge in [0.25, 0.3) is 0 Å². The molecule has 0 saturated heterocycles. The van der Waals surface area contributed by atoms with E-state index in [2.05, 4.69) is 0 Å². The molecule has 2 aromatic rings. The van der Waals surface area contributed by atoms with Gasteiger partial charge in [-0.05, 0) is 44.0 Å². The van der Waals surface area contributed by atoms with Crippen LogP contribution >= 0.6 is 0 Å². The van der Waals surface area contributed by atoms with Crippen molar-refractivity contribution in [3.8, 4) is 5.69 Å². The smallest absolute Gasteiger partial charge is 0.333 e. The quantitative estimate of drug-likeness (QED) is 0.799. The lowest BCUT2D eigenvalue weighted by Crippen LogP contribution is -2.22. The number of imidazole rings is 1. The molecule has 1 aliphatic rings. The zero-order valence-corrected chi connectivity index (χ0v) is 9.76. The SMILES string of the molecule is Cc1cn(C2CC2)c(=O)n1-c1ccc(N)cc1. The summed E-state index contributed by atoms with van der Waals surface area (Å²) in [4.78, 5) is 12.3. The molecule has 0 spiro atoms. The second kappa shape index (κ2) is 3.52. The van der Waals surface area contributed by atoms with Crippen LogP contribution in [0.3, 0.4) is 0 Å². The minimum Gasteiger partial charge on any atom is -0.399 e. The van der Waals surface area contributed by atoms with Crippen molar-refractivity contribution < 1.29 is 0 Å². The average Bonchev–Trinajstić information content (AvgIpc) is 3.09. The minimum atomic E-state index is 0.0507. The Morgan fingerprint density at radius 1 is 1.24 bits per heavy atom. The van der Waals surface area contributed by atoms with Gasteiger partial charge in [0.05, 0.1) is 5.69 Å². The van der Waals surface area contributed by atoms with Gasteiger partial charge in [-0.2, -0.15) is 0 Å². The number of hydrogen-bond donors (Lipinski definition) is 1. The van der Waals surface area contributed by atoms with Gasteiger partial charge >= 0.3 is 5.69 Å². The molecule has 2 N–H and O–H groups in total. The number of nitrogen functional groups attached to an aromatic ring is 1. The third kappa shape index (κ3) is 1.65. The summed E-state index contributed by atoms with van der Waals surface area (Å²) < 4.78 is 3.57. The third-order valence-electron chi connectivity index (χ3n) is 3.18. The first-order valence-electron chi connectivity index (χ1n) is 5.83. The van der Waals surface area contributed by atoms with Gasteiger partial charge in [0, 0.05) is 23.6 Å². The molecule has 0 aliphatic heterocycles. The average molecular weight is 229 g/mol. The predicted octanol–water partition coefficient (Wildman–Crippen LogP) is 1.86. The topological polar surface area (TPSA) is 53.0 Å². The van der Waals surface area contributed by atoms with Gasteiger partial charge in [0.1, 0.15) is 0 Å². The highest BCUT2D eigenvalue weighted by Gasteiger charge is 2.26. The predicted molar refractivity (Wildman–Crippen MR) is 67.4 cm³/mol. The van der Waals surface area contributed by atoms with E-state index in [9.17, 15) is 4.79 Å². The van der Waals surface area contributed by atoms with Gasteiger partial charge in [-0.15, -0.1) is 0 Å². The van der Waals surface area contributed by atoms with Crippen LogP contribution in [0.5, 0.6) is 0 Å². The van der Waals surface area contributed by atoms with Crippen molar-refractivity contribution >= 4 is 5.69 Å². The number of rotatable bonds is 2. The maximum atomic E-state index is 12.3. The maximum absolute atomic E-state index is 12.3. The van der Waals surface area contributed by atoms with Crippen molar-refractivity contribution in [1.82, 2.24) is 9.13 Å². The number of benzene rings is 1. The second-order valence-electron chi connectivity index (χ2n) is 4.62. The molecule has 0 radical (unpaired) electrons. The molecule has 0 unspecified atom stereocenters. The molecule has 1 fully saturated rings. The van der Waals surface area contributed by atoms with E-state index in [1.165, 1.54) is 0 Å². The van der Waals surface area contributed by atoms with Crippen LogP contribution in [0.4, 0.5) is 5.69 Å². The number of nitrogens with two attached hydrogens (primary N) is 1. The molecule has 17 heavy (non-hydrogen) atoms. The molecule has 1 aliphatic carbocycles. The van der Waals surface area contributed by atoms with Gasteiger partial charge in [-0.25, -0.2) is 4.79 Å². The summed E-state index contributed by atoms with van der Waals surface area (Å²) >= 11 is 0. The van der Waals surface area contributed by atoms with E-state index in [-0.39, 0.29) is 5.69 Å². The fraction of sp³-hybridized carbons (Fsp3) is 0.308. The molecular formula is C13H15N3O. The molecule has 1 saturated carbocycles. The van der Waals surface area contributed by atoms with Crippen molar-refractivity contribution in [1.29, 1.82) is 0 Å². The summed E-state index contributed by atoms with van der Waals surface area (Å²) in [6.07, 6.45) is 4.17. The van der Waals surface area contributed by atoms with E-state index >= 15 is 0 Å². The standard InChI is InChI=1S/C13H15N3O/c1-9-8-15(11-6-7-11)13(17)16(9)12-4-2-10(14)3-5-12/h2-5,8,11H,6-7,14H2,1H3. The first-order valence-corrected chi connectivity index (χ1v) is 5.83. The lowest BCUT2D eigenvalue weighted by molar-refractivity contribution is 0.695. The van der Waals surface area contributed by atoms with E-state index in [0.29, 0.717) is 11.7 Å². The summed E-state index contributed by atoms with van der Waals surface area (Å²) in [7, 11) is 0. The van der Waals surface area contributed by atoms with Crippen molar-refractivity contribution in [2.75, 3.05) is 5.73 Å². The highest BCUT2D eigenvalue weighted by molar-refractivity contribution is 5.45. The molecule has 0 amide bonds. The molecule has 1 aromatic carbocycles. The Labute approximate surface area is 99.3 Å². The van der Waals surface area contributed by atoms with Crippen LogP contribution < -0.4 is 11.4 Å². The van der Waals surface area contributed by atoms with Crippen LogP contribution in [0.2, 0.25) is 0 Å². The van der Waals surface area contributed by atoms with E-state index in [1.807, 2.05) is 42.0 Å². The van der Waals surface area contributed by atoms with Gasteiger partial charge in [0.2, 0.25) is 0 Å². The summed E-state index contributed by atoms with van der Waals surface area (Å²) in [5.74, 6) is 0. The zero-order valence-electron chi connectivity index (χ0n) is 9.76. The van der Waals surface area contributed by atoms with Gasteiger partial charge in [0.15, 0.2) is 0 Å². The number of nitrogens with zero attached hydrogens (tertiary/aromatic N) is 2. The van der Waals surface area contributed by atoms with Crippen LogP contribution in [0.15, 0.2) is 35.3 Å². The molecule has 88 valence electrons. The summed E-state index contributed by atoms with van der Waals surface area (Å²) in [6, 6.07) is 7.80. The molecule has 1 heterocycles. The molecule has 4 nitrogen and oxygen atoms in total. The van der Waals surface area contributed by atoms with Crippen LogP contribution in [0, 0.1) is 6.92 Å². The van der Waals surface area contributed by atoms with E-state index in [4.69, 9.17) is 5.73 Å². The number of anilines is 1. The summed E-state index contributed by atoms with van der Waals surface area (Å²) in [5, 5.41) is 0. The lowest BCUT2D eigenvalue weighted by atomic mass is 10.3. The van der Waals surface area contributed by atoms with Gasteiger partial charge in [-0.1, -0.05) is 0 Å². The Morgan fingerprint density at radius 2 is 1.88 bits per heavy atom. The first-order chi connectivity index (χ1) is 8.16. The van der Waals surface area contributed by atoms with E-state index < -0.39 is 0 Å². The van der Waals surface area contributed by atoms with Crippen LogP contribution in [-0.2, 0) is 0 Å². The monoisotopic (exact) mass is 229 g/mol. The maximum Gasteiger partial charge on any atom is 0.333 e. The molecule has 3 rings (SSSR count). The van der Waals surface area contributed by atoms with Crippen molar-refractivity contribution in [3.63, 3.8) is 0 Å². The van der Waals surface area contributed by atoms with Crippen molar-refractivity contribution in [2.45, 2.75) is 25.8 Å². The second-order valence-corrected chi connectivity index (χ2v) is 4.62. The largest absolute Gasteiger partial charge is 0.399 e. The fourth-order valence-electron chi connectivity index (χ4n) is 2.13. The molecule has 0 bridgehead atoms. The Kier molecular flexibility index (Phi) is 2.11. The highest BCUT2D eigenvalue weighted by atomic mass is 16.1. The zero-order chi connectivity index (χ0) is 12.0.